The van der Waals surface area contributed by atoms with Gasteiger partial charge in [0.2, 0.25) is 5.76 Å². The third-order valence-electron chi connectivity index (χ3n) is 1.90. The van der Waals surface area contributed by atoms with Gasteiger partial charge in [0, 0.05) is 6.08 Å². The number of allylic oxidation sites excluding steroid dienone is 2. The van der Waals surface area contributed by atoms with E-state index in [1.54, 1.807) is 25.1 Å². The average molecular weight is 250 g/mol. The van der Waals surface area contributed by atoms with E-state index < -0.39 is 11.9 Å². The minimum Gasteiger partial charge on any atom is -0.463 e. The first kappa shape index (κ1) is 13.8. The van der Waals surface area contributed by atoms with Gasteiger partial charge in [-0.3, -0.25) is 0 Å². The normalized spacial score (nSPS) is 11.0. The van der Waals surface area contributed by atoms with Crippen molar-refractivity contribution in [3.05, 3.63) is 41.9 Å². The van der Waals surface area contributed by atoms with Crippen LogP contribution in [0.2, 0.25) is 0 Å². The van der Waals surface area contributed by atoms with E-state index >= 15 is 0 Å². The Balaban J connectivity index is 2.55. The fraction of sp³-hybridized carbons (Fsp3) is 0.231. The van der Waals surface area contributed by atoms with Gasteiger partial charge in [-0.05, 0) is 25.1 Å². The average Bonchev–Trinajstić information content (AvgIpc) is 2.83. The Morgan fingerprint density at radius 2 is 2.11 bits per heavy atom. The zero-order valence-electron chi connectivity index (χ0n) is 10.2. The zero-order chi connectivity index (χ0) is 13.4. The zero-order valence-corrected chi connectivity index (χ0v) is 10.2. The molecule has 0 aromatic carbocycles. The molecule has 96 valence electrons. The van der Waals surface area contributed by atoms with Crippen molar-refractivity contribution in [2.75, 3.05) is 13.7 Å². The van der Waals surface area contributed by atoms with Crippen molar-refractivity contribution in [2.45, 2.75) is 6.92 Å². The molecule has 0 fully saturated rings. The number of ether oxygens (including phenoxy) is 2. The molecule has 1 aromatic rings. The summed E-state index contributed by atoms with van der Waals surface area (Å²) < 4.78 is 14.4. The van der Waals surface area contributed by atoms with E-state index in [4.69, 9.17) is 9.15 Å². The second-order valence-corrected chi connectivity index (χ2v) is 3.16. The summed E-state index contributed by atoms with van der Waals surface area (Å²) in [7, 11) is 1.28. The number of rotatable bonds is 5. The van der Waals surface area contributed by atoms with Crippen LogP contribution in [0.25, 0.3) is 6.08 Å². The van der Waals surface area contributed by atoms with Crippen LogP contribution < -0.4 is 0 Å². The third-order valence-corrected chi connectivity index (χ3v) is 1.90. The number of carbonyl (C=O) groups is 2. The summed E-state index contributed by atoms with van der Waals surface area (Å²) in [4.78, 5) is 22.1. The molecule has 1 rings (SSSR count). The van der Waals surface area contributed by atoms with E-state index in [2.05, 4.69) is 4.74 Å². The molecule has 0 N–H and O–H groups in total. The lowest BCUT2D eigenvalue weighted by Crippen LogP contribution is -1.98. The van der Waals surface area contributed by atoms with Gasteiger partial charge >= 0.3 is 11.9 Å². The van der Waals surface area contributed by atoms with E-state index in [-0.39, 0.29) is 5.76 Å². The monoisotopic (exact) mass is 250 g/mol. The van der Waals surface area contributed by atoms with Crippen molar-refractivity contribution in [1.29, 1.82) is 0 Å². The van der Waals surface area contributed by atoms with Crippen LogP contribution in [-0.2, 0) is 14.3 Å². The maximum absolute atomic E-state index is 11.1. The van der Waals surface area contributed by atoms with Crippen LogP contribution in [0.5, 0.6) is 0 Å². The minimum absolute atomic E-state index is 0.131. The Kier molecular flexibility index (Phi) is 5.44. The van der Waals surface area contributed by atoms with Gasteiger partial charge in [-0.15, -0.1) is 0 Å². The summed E-state index contributed by atoms with van der Waals surface area (Å²) in [6, 6.07) is 3.14. The highest BCUT2D eigenvalue weighted by Crippen LogP contribution is 2.10. The van der Waals surface area contributed by atoms with Crippen molar-refractivity contribution in [3.8, 4) is 0 Å². The molecule has 0 atom stereocenters. The van der Waals surface area contributed by atoms with E-state index in [1.165, 1.54) is 25.3 Å². The molecule has 18 heavy (non-hydrogen) atoms. The van der Waals surface area contributed by atoms with Crippen molar-refractivity contribution in [1.82, 2.24) is 0 Å². The van der Waals surface area contributed by atoms with Crippen molar-refractivity contribution in [2.24, 2.45) is 0 Å². The van der Waals surface area contributed by atoms with Crippen LogP contribution in [0, 0.1) is 0 Å². The first-order valence-electron chi connectivity index (χ1n) is 5.37. The van der Waals surface area contributed by atoms with E-state index in [1.807, 2.05) is 0 Å². The topological polar surface area (TPSA) is 65.7 Å². The standard InChI is InChI=1S/C13H14O5/c1-3-17-12(14)7-5-4-6-10-8-9-11(18-10)13(15)16-2/h4-9H,3H2,1-2H3. The number of hydrogen-bond acceptors (Lipinski definition) is 5. The van der Waals surface area contributed by atoms with Gasteiger partial charge in [0.25, 0.3) is 0 Å². The van der Waals surface area contributed by atoms with Crippen LogP contribution in [0.3, 0.4) is 0 Å². The molecule has 0 amide bonds. The quantitative estimate of drug-likeness (QED) is 0.455. The van der Waals surface area contributed by atoms with Crippen LogP contribution in [0.15, 0.2) is 34.8 Å². The van der Waals surface area contributed by atoms with Gasteiger partial charge in [-0.25, -0.2) is 9.59 Å². The molecule has 0 aliphatic heterocycles. The summed E-state index contributed by atoms with van der Waals surface area (Å²) in [5.41, 5.74) is 0. The summed E-state index contributed by atoms with van der Waals surface area (Å²) >= 11 is 0. The summed E-state index contributed by atoms with van der Waals surface area (Å²) in [5.74, 6) is -0.316. The third kappa shape index (κ3) is 4.29. The molecule has 0 bridgehead atoms. The second kappa shape index (κ2) is 7.11. The predicted molar refractivity (Wildman–Crippen MR) is 64.9 cm³/mol. The Morgan fingerprint density at radius 3 is 2.78 bits per heavy atom. The summed E-state index contributed by atoms with van der Waals surface area (Å²) in [6.07, 6.45) is 6.04. The Bertz CT molecular complexity index is 467. The Hall–Kier alpha value is -2.30. The number of hydrogen-bond donors (Lipinski definition) is 0. The van der Waals surface area contributed by atoms with Crippen molar-refractivity contribution < 1.29 is 23.5 Å². The lowest BCUT2D eigenvalue weighted by molar-refractivity contribution is -0.137. The smallest absolute Gasteiger partial charge is 0.373 e. The van der Waals surface area contributed by atoms with Gasteiger partial charge in [-0.1, -0.05) is 12.2 Å². The molecule has 5 nitrogen and oxygen atoms in total. The fourth-order valence-corrected chi connectivity index (χ4v) is 1.13. The fourth-order valence-electron chi connectivity index (χ4n) is 1.13. The molecular weight excluding hydrogens is 236 g/mol. The van der Waals surface area contributed by atoms with Crippen LogP contribution in [0.1, 0.15) is 23.2 Å². The first-order valence-corrected chi connectivity index (χ1v) is 5.37. The number of esters is 2. The van der Waals surface area contributed by atoms with Crippen molar-refractivity contribution >= 4 is 18.0 Å². The second-order valence-electron chi connectivity index (χ2n) is 3.16. The molecule has 0 saturated carbocycles. The van der Waals surface area contributed by atoms with E-state index in [9.17, 15) is 9.59 Å². The van der Waals surface area contributed by atoms with Gasteiger partial charge < -0.3 is 13.9 Å². The molecule has 1 aromatic heterocycles. The van der Waals surface area contributed by atoms with E-state index in [0.29, 0.717) is 12.4 Å². The molecule has 1 heterocycles. The Morgan fingerprint density at radius 1 is 1.33 bits per heavy atom. The van der Waals surface area contributed by atoms with Gasteiger partial charge in [0.1, 0.15) is 5.76 Å². The molecule has 5 heteroatoms. The maximum atomic E-state index is 11.1. The molecular formula is C13H14O5. The van der Waals surface area contributed by atoms with E-state index in [0.717, 1.165) is 0 Å². The lowest BCUT2D eigenvalue weighted by atomic mass is 10.3. The maximum Gasteiger partial charge on any atom is 0.373 e. The Labute approximate surface area is 105 Å². The molecule has 0 spiro atoms. The highest BCUT2D eigenvalue weighted by molar-refractivity contribution is 5.86. The molecule has 0 radical (unpaired) electrons. The highest BCUT2D eigenvalue weighted by Gasteiger charge is 2.09. The molecule has 0 aliphatic rings. The van der Waals surface area contributed by atoms with Crippen LogP contribution in [0.4, 0.5) is 0 Å². The van der Waals surface area contributed by atoms with Gasteiger partial charge in [-0.2, -0.15) is 0 Å². The number of methoxy groups -OCH3 is 1. The summed E-state index contributed by atoms with van der Waals surface area (Å²) in [5, 5.41) is 0. The highest BCUT2D eigenvalue weighted by atomic mass is 16.5. The van der Waals surface area contributed by atoms with Crippen LogP contribution in [-0.4, -0.2) is 25.7 Å². The molecule has 0 aliphatic carbocycles. The first-order chi connectivity index (χ1) is 8.67. The predicted octanol–water partition coefficient (Wildman–Crippen LogP) is 2.20. The minimum atomic E-state index is -0.531. The van der Waals surface area contributed by atoms with Gasteiger partial charge in [0.05, 0.1) is 13.7 Å². The van der Waals surface area contributed by atoms with Crippen LogP contribution >= 0.6 is 0 Å². The number of furan rings is 1. The van der Waals surface area contributed by atoms with Crippen molar-refractivity contribution in [3.63, 3.8) is 0 Å². The summed E-state index contributed by atoms with van der Waals surface area (Å²) in [6.45, 7) is 2.08. The SMILES string of the molecule is CCOC(=O)C=CC=Cc1ccc(C(=O)OC)o1. The molecule has 0 saturated heterocycles. The number of carbonyl (C=O) groups excluding carboxylic acids is 2. The van der Waals surface area contributed by atoms with Gasteiger partial charge in [0.15, 0.2) is 0 Å². The lowest BCUT2D eigenvalue weighted by Gasteiger charge is -1.92. The largest absolute Gasteiger partial charge is 0.463 e. The molecule has 0 unspecified atom stereocenters.